The van der Waals surface area contributed by atoms with E-state index < -0.39 is 0 Å². The molecule has 106 valence electrons. The molecule has 0 N–H and O–H groups in total. The minimum Gasteiger partial charge on any atom is -0.343 e. The Hall–Kier alpha value is -0.570. The molecule has 1 amide bonds. The summed E-state index contributed by atoms with van der Waals surface area (Å²) in [5.74, 6) is 2.02. The number of nitrogens with zero attached hydrogens (tertiary/aromatic N) is 2. The third-order valence-corrected chi connectivity index (χ3v) is 4.24. The molecule has 0 spiro atoms. The van der Waals surface area contributed by atoms with Crippen LogP contribution in [0.15, 0.2) is 0 Å². The van der Waals surface area contributed by atoms with E-state index in [1.54, 1.807) is 6.92 Å². The number of amides is 1. The Balaban J connectivity index is 0.000000184. The predicted octanol–water partition coefficient (Wildman–Crippen LogP) is 2.61. The van der Waals surface area contributed by atoms with E-state index in [1.807, 2.05) is 4.90 Å². The molecule has 18 heavy (non-hydrogen) atoms. The molecule has 0 bridgehead atoms. The topological polar surface area (TPSA) is 23.6 Å². The molecule has 2 aliphatic rings. The molecule has 2 aliphatic heterocycles. The van der Waals surface area contributed by atoms with Gasteiger partial charge >= 0.3 is 0 Å². The first-order valence-electron chi connectivity index (χ1n) is 7.43. The Labute approximate surface area is 113 Å². The van der Waals surface area contributed by atoms with E-state index in [0.717, 1.165) is 24.9 Å². The molecule has 0 unspecified atom stereocenters. The van der Waals surface area contributed by atoms with Crippen molar-refractivity contribution in [2.75, 3.05) is 33.2 Å². The number of piperidine rings is 2. The summed E-state index contributed by atoms with van der Waals surface area (Å²) in [4.78, 5) is 15.2. The van der Waals surface area contributed by atoms with Gasteiger partial charge in [-0.3, -0.25) is 4.79 Å². The molecule has 0 aromatic carbocycles. The normalized spacial score (nSPS) is 23.4. The highest BCUT2D eigenvalue weighted by Crippen LogP contribution is 2.15. The highest BCUT2D eigenvalue weighted by atomic mass is 16.2. The largest absolute Gasteiger partial charge is 0.343 e. The SMILES string of the molecule is CC(=O)N1CCC(C)CC1.CC1CCN(C)CC1. The molecule has 2 fully saturated rings. The maximum atomic E-state index is 10.8. The van der Waals surface area contributed by atoms with Crippen LogP contribution >= 0.6 is 0 Å². The van der Waals surface area contributed by atoms with Crippen molar-refractivity contribution in [3.8, 4) is 0 Å². The van der Waals surface area contributed by atoms with Gasteiger partial charge in [0.2, 0.25) is 5.91 Å². The van der Waals surface area contributed by atoms with E-state index in [1.165, 1.54) is 38.8 Å². The Kier molecular flexibility index (Phi) is 6.69. The average molecular weight is 254 g/mol. The number of rotatable bonds is 0. The molecular formula is C15H30N2O. The summed E-state index contributed by atoms with van der Waals surface area (Å²) >= 11 is 0. The molecule has 0 radical (unpaired) electrons. The van der Waals surface area contributed by atoms with Crippen molar-refractivity contribution in [1.29, 1.82) is 0 Å². The van der Waals surface area contributed by atoms with Gasteiger partial charge in [0.1, 0.15) is 0 Å². The standard InChI is InChI=1S/C8H15NO.C7H15N/c1-7-3-5-9(6-4-7)8(2)10;1-7-3-5-8(2)6-4-7/h7H,3-6H2,1-2H3;7H,3-6H2,1-2H3. The van der Waals surface area contributed by atoms with Crippen LogP contribution in [0.1, 0.15) is 46.5 Å². The van der Waals surface area contributed by atoms with Crippen molar-refractivity contribution in [2.24, 2.45) is 11.8 Å². The number of hydrogen-bond acceptors (Lipinski definition) is 2. The van der Waals surface area contributed by atoms with Gasteiger partial charge in [-0.25, -0.2) is 0 Å². The van der Waals surface area contributed by atoms with Crippen LogP contribution in [0.3, 0.4) is 0 Å². The number of hydrogen-bond donors (Lipinski definition) is 0. The van der Waals surface area contributed by atoms with Crippen molar-refractivity contribution in [1.82, 2.24) is 9.80 Å². The fourth-order valence-electron chi connectivity index (χ4n) is 2.46. The third kappa shape index (κ3) is 5.85. The van der Waals surface area contributed by atoms with E-state index in [-0.39, 0.29) is 5.91 Å². The van der Waals surface area contributed by atoms with Crippen LogP contribution in [0, 0.1) is 11.8 Å². The lowest BCUT2D eigenvalue weighted by Gasteiger charge is -2.29. The van der Waals surface area contributed by atoms with E-state index in [0.29, 0.717) is 0 Å². The summed E-state index contributed by atoms with van der Waals surface area (Å²) in [5.41, 5.74) is 0. The molecule has 0 saturated carbocycles. The lowest BCUT2D eigenvalue weighted by atomic mass is 9.99. The maximum absolute atomic E-state index is 10.8. The Morgan fingerprint density at radius 1 is 0.889 bits per heavy atom. The Morgan fingerprint density at radius 3 is 1.61 bits per heavy atom. The summed E-state index contributed by atoms with van der Waals surface area (Å²) in [6, 6.07) is 0. The van der Waals surface area contributed by atoms with Crippen molar-refractivity contribution in [3.63, 3.8) is 0 Å². The highest BCUT2D eigenvalue weighted by molar-refractivity contribution is 5.73. The molecule has 2 rings (SSSR count). The molecule has 2 saturated heterocycles. The maximum Gasteiger partial charge on any atom is 0.219 e. The summed E-state index contributed by atoms with van der Waals surface area (Å²) in [5, 5.41) is 0. The molecule has 3 nitrogen and oxygen atoms in total. The first-order valence-corrected chi connectivity index (χ1v) is 7.43. The quantitative estimate of drug-likeness (QED) is 0.663. The summed E-state index contributed by atoms with van der Waals surface area (Å²) in [6.07, 6.45) is 5.16. The van der Waals surface area contributed by atoms with Crippen LogP contribution in [0.2, 0.25) is 0 Å². The smallest absolute Gasteiger partial charge is 0.219 e. The van der Waals surface area contributed by atoms with Crippen LogP contribution in [0.25, 0.3) is 0 Å². The van der Waals surface area contributed by atoms with Crippen LogP contribution in [0.4, 0.5) is 0 Å². The van der Waals surface area contributed by atoms with E-state index in [4.69, 9.17) is 0 Å². The number of likely N-dealkylation sites (tertiary alicyclic amines) is 2. The van der Waals surface area contributed by atoms with Crippen molar-refractivity contribution in [2.45, 2.75) is 46.5 Å². The second-order valence-electron chi connectivity index (χ2n) is 6.17. The summed E-state index contributed by atoms with van der Waals surface area (Å²) < 4.78 is 0. The minimum atomic E-state index is 0.229. The molecule has 3 heteroatoms. The highest BCUT2D eigenvalue weighted by Gasteiger charge is 2.16. The number of carbonyl (C=O) groups is 1. The van der Waals surface area contributed by atoms with Gasteiger partial charge in [0.25, 0.3) is 0 Å². The van der Waals surface area contributed by atoms with Crippen LogP contribution in [-0.4, -0.2) is 48.9 Å². The zero-order valence-electron chi connectivity index (χ0n) is 12.6. The summed E-state index contributed by atoms with van der Waals surface area (Å²) in [6.45, 7) is 10.8. The number of carbonyl (C=O) groups excluding carboxylic acids is 1. The van der Waals surface area contributed by atoms with Gasteiger partial charge in [-0.05, 0) is 57.7 Å². The molecule has 2 heterocycles. The van der Waals surface area contributed by atoms with Crippen molar-refractivity contribution >= 4 is 5.91 Å². The third-order valence-electron chi connectivity index (χ3n) is 4.24. The van der Waals surface area contributed by atoms with Gasteiger partial charge in [0, 0.05) is 20.0 Å². The average Bonchev–Trinajstić information content (AvgIpc) is 2.34. The lowest BCUT2D eigenvalue weighted by molar-refractivity contribution is -0.130. The fraction of sp³-hybridized carbons (Fsp3) is 0.933. The molecular weight excluding hydrogens is 224 g/mol. The van der Waals surface area contributed by atoms with Crippen molar-refractivity contribution in [3.05, 3.63) is 0 Å². The molecule has 0 aromatic heterocycles. The van der Waals surface area contributed by atoms with Crippen LogP contribution in [-0.2, 0) is 4.79 Å². The second kappa shape index (κ2) is 7.78. The van der Waals surface area contributed by atoms with Gasteiger partial charge in [-0.15, -0.1) is 0 Å². The summed E-state index contributed by atoms with van der Waals surface area (Å²) in [7, 11) is 2.20. The van der Waals surface area contributed by atoms with Gasteiger partial charge in [-0.1, -0.05) is 13.8 Å². The minimum absolute atomic E-state index is 0.229. The van der Waals surface area contributed by atoms with Crippen LogP contribution in [0.5, 0.6) is 0 Å². The predicted molar refractivity (Wildman–Crippen MR) is 76.5 cm³/mol. The lowest BCUT2D eigenvalue weighted by Crippen LogP contribution is -2.36. The van der Waals surface area contributed by atoms with E-state index >= 15 is 0 Å². The Bertz CT molecular complexity index is 229. The first-order chi connectivity index (χ1) is 8.49. The zero-order valence-corrected chi connectivity index (χ0v) is 12.6. The molecule has 0 aromatic rings. The fourth-order valence-corrected chi connectivity index (χ4v) is 2.46. The van der Waals surface area contributed by atoms with E-state index in [9.17, 15) is 4.79 Å². The van der Waals surface area contributed by atoms with Gasteiger partial charge < -0.3 is 9.80 Å². The van der Waals surface area contributed by atoms with Gasteiger partial charge in [-0.2, -0.15) is 0 Å². The molecule has 0 atom stereocenters. The van der Waals surface area contributed by atoms with Gasteiger partial charge in [0.05, 0.1) is 0 Å². The first kappa shape index (κ1) is 15.5. The van der Waals surface area contributed by atoms with Crippen molar-refractivity contribution < 1.29 is 4.79 Å². The van der Waals surface area contributed by atoms with E-state index in [2.05, 4.69) is 25.8 Å². The van der Waals surface area contributed by atoms with Crippen LogP contribution < -0.4 is 0 Å². The molecule has 0 aliphatic carbocycles. The second-order valence-corrected chi connectivity index (χ2v) is 6.17. The Morgan fingerprint density at radius 2 is 1.28 bits per heavy atom. The zero-order chi connectivity index (χ0) is 13.5. The monoisotopic (exact) mass is 254 g/mol. The van der Waals surface area contributed by atoms with Gasteiger partial charge in [0.15, 0.2) is 0 Å².